The van der Waals surface area contributed by atoms with Gasteiger partial charge in [-0.1, -0.05) is 33.1 Å². The molecular formula is C19H37IN6. The summed E-state index contributed by atoms with van der Waals surface area (Å²) in [6, 6.07) is 0.956. The lowest BCUT2D eigenvalue weighted by Gasteiger charge is -2.27. The largest absolute Gasteiger partial charge is 0.354 e. The summed E-state index contributed by atoms with van der Waals surface area (Å²) in [6.07, 6.45) is 8.86. The van der Waals surface area contributed by atoms with Gasteiger partial charge in [-0.25, -0.2) is 4.99 Å². The third-order valence-electron chi connectivity index (χ3n) is 5.07. The first-order chi connectivity index (χ1) is 12.0. The molecule has 0 spiro atoms. The Hall–Kier alpha value is -0.860. The Bertz CT molecular complexity index is 548. The van der Waals surface area contributed by atoms with Crippen molar-refractivity contribution in [3.63, 3.8) is 0 Å². The van der Waals surface area contributed by atoms with E-state index in [2.05, 4.69) is 41.6 Å². The highest BCUT2D eigenvalue weighted by Gasteiger charge is 2.16. The Labute approximate surface area is 176 Å². The smallest absolute Gasteiger partial charge is 0.192 e. The number of aliphatic imine (C=N–C) groups is 1. The average molecular weight is 476 g/mol. The normalized spacial score (nSPS) is 17.1. The van der Waals surface area contributed by atoms with Crippen LogP contribution in [0.3, 0.4) is 0 Å². The second-order valence-corrected chi connectivity index (χ2v) is 7.88. The molecule has 150 valence electrons. The number of hydrogen-bond donors (Lipinski definition) is 2. The van der Waals surface area contributed by atoms with Gasteiger partial charge in [0.25, 0.3) is 0 Å². The van der Waals surface area contributed by atoms with Gasteiger partial charge in [0.05, 0.1) is 0 Å². The van der Waals surface area contributed by atoms with Crippen LogP contribution < -0.4 is 10.6 Å². The molecule has 1 unspecified atom stereocenters. The summed E-state index contributed by atoms with van der Waals surface area (Å²) in [6.45, 7) is 9.31. The Morgan fingerprint density at radius 1 is 1.15 bits per heavy atom. The van der Waals surface area contributed by atoms with E-state index in [-0.39, 0.29) is 24.0 Å². The number of halogens is 1. The molecule has 0 saturated heterocycles. The first-order valence-electron chi connectivity index (χ1n) is 9.88. The van der Waals surface area contributed by atoms with Gasteiger partial charge in [-0.15, -0.1) is 34.2 Å². The zero-order valence-corrected chi connectivity index (χ0v) is 19.4. The zero-order valence-electron chi connectivity index (χ0n) is 17.1. The summed E-state index contributed by atoms with van der Waals surface area (Å²) in [4.78, 5) is 4.80. The van der Waals surface area contributed by atoms with Crippen LogP contribution in [-0.4, -0.2) is 32.8 Å². The van der Waals surface area contributed by atoms with Crippen LogP contribution in [0.15, 0.2) is 4.99 Å². The Balaban J connectivity index is 0.00000338. The molecule has 2 rings (SSSR count). The summed E-state index contributed by atoms with van der Waals surface area (Å²) in [5, 5.41) is 15.6. The number of guanidine groups is 1. The fraction of sp³-hybridized carbons (Fsp3) is 0.842. The van der Waals surface area contributed by atoms with Crippen LogP contribution in [0.25, 0.3) is 0 Å². The minimum atomic E-state index is 0. The Morgan fingerprint density at radius 2 is 1.85 bits per heavy atom. The van der Waals surface area contributed by atoms with Crippen molar-refractivity contribution in [3.05, 3.63) is 11.6 Å². The molecular weight excluding hydrogens is 439 g/mol. The van der Waals surface area contributed by atoms with Gasteiger partial charge < -0.3 is 15.2 Å². The van der Waals surface area contributed by atoms with Crippen LogP contribution in [-0.2, 0) is 13.6 Å². The molecule has 2 N–H and O–H groups in total. The van der Waals surface area contributed by atoms with E-state index >= 15 is 0 Å². The van der Waals surface area contributed by atoms with E-state index in [1.54, 1.807) is 0 Å². The van der Waals surface area contributed by atoms with E-state index in [4.69, 9.17) is 4.99 Å². The van der Waals surface area contributed by atoms with E-state index in [1.807, 2.05) is 18.5 Å². The van der Waals surface area contributed by atoms with Crippen molar-refractivity contribution in [1.82, 2.24) is 25.4 Å². The van der Waals surface area contributed by atoms with E-state index in [1.165, 1.54) is 38.5 Å². The van der Waals surface area contributed by atoms with Crippen LogP contribution in [0.2, 0.25) is 0 Å². The SMILES string of the molecule is Cc1nnc(CN=C(NC(C)CCC(C)C)NC2CCCCC2)n1C.I. The lowest BCUT2D eigenvalue weighted by atomic mass is 9.96. The van der Waals surface area contributed by atoms with Crippen molar-refractivity contribution in [3.8, 4) is 0 Å². The molecule has 1 aliphatic carbocycles. The maximum absolute atomic E-state index is 4.80. The summed E-state index contributed by atoms with van der Waals surface area (Å²) in [7, 11) is 1.99. The zero-order chi connectivity index (χ0) is 18.2. The third-order valence-corrected chi connectivity index (χ3v) is 5.07. The maximum atomic E-state index is 4.80. The number of aryl methyl sites for hydroxylation is 1. The standard InChI is InChI=1S/C19H36N6.HI/c1-14(2)11-12-15(3)21-19(22-17-9-7-6-8-10-17)20-13-18-24-23-16(4)25(18)5;/h14-15,17H,6-13H2,1-5H3,(H2,20,21,22);1H. The van der Waals surface area contributed by atoms with Crippen molar-refractivity contribution in [2.75, 3.05) is 0 Å². The molecule has 1 aromatic rings. The minimum absolute atomic E-state index is 0. The molecule has 0 bridgehead atoms. The lowest BCUT2D eigenvalue weighted by molar-refractivity contribution is 0.405. The number of nitrogens with one attached hydrogen (secondary N) is 2. The van der Waals surface area contributed by atoms with Gasteiger partial charge in [0.2, 0.25) is 0 Å². The molecule has 1 aromatic heterocycles. The predicted octanol–water partition coefficient (Wildman–Crippen LogP) is 3.93. The van der Waals surface area contributed by atoms with Gasteiger partial charge in [-0.3, -0.25) is 0 Å². The Morgan fingerprint density at radius 3 is 2.42 bits per heavy atom. The molecule has 6 nitrogen and oxygen atoms in total. The van der Waals surface area contributed by atoms with E-state index in [0.29, 0.717) is 18.6 Å². The van der Waals surface area contributed by atoms with Crippen LogP contribution in [0.1, 0.15) is 77.4 Å². The molecule has 0 aliphatic heterocycles. The number of aromatic nitrogens is 3. The molecule has 0 aromatic carbocycles. The van der Waals surface area contributed by atoms with E-state index in [9.17, 15) is 0 Å². The highest BCUT2D eigenvalue weighted by molar-refractivity contribution is 14.0. The van der Waals surface area contributed by atoms with Gasteiger partial charge in [0.15, 0.2) is 11.8 Å². The fourth-order valence-corrected chi connectivity index (χ4v) is 3.20. The summed E-state index contributed by atoms with van der Waals surface area (Å²) < 4.78 is 2.00. The van der Waals surface area contributed by atoms with Crippen molar-refractivity contribution in [2.24, 2.45) is 18.0 Å². The van der Waals surface area contributed by atoms with E-state index < -0.39 is 0 Å². The molecule has 1 atom stereocenters. The molecule has 0 radical (unpaired) electrons. The summed E-state index contributed by atoms with van der Waals surface area (Å²) in [5.41, 5.74) is 0. The fourth-order valence-electron chi connectivity index (χ4n) is 3.20. The minimum Gasteiger partial charge on any atom is -0.354 e. The highest BCUT2D eigenvalue weighted by atomic mass is 127. The van der Waals surface area contributed by atoms with Gasteiger partial charge in [-0.2, -0.15) is 0 Å². The molecule has 26 heavy (non-hydrogen) atoms. The van der Waals surface area contributed by atoms with Gasteiger partial charge >= 0.3 is 0 Å². The van der Waals surface area contributed by atoms with Crippen LogP contribution in [0, 0.1) is 12.8 Å². The van der Waals surface area contributed by atoms with Crippen molar-refractivity contribution >= 4 is 29.9 Å². The van der Waals surface area contributed by atoms with Gasteiger partial charge in [0.1, 0.15) is 12.4 Å². The number of nitrogens with zero attached hydrogens (tertiary/aromatic N) is 4. The van der Waals surface area contributed by atoms with Crippen molar-refractivity contribution in [1.29, 1.82) is 0 Å². The molecule has 1 heterocycles. The third kappa shape index (κ3) is 7.80. The topological polar surface area (TPSA) is 67.1 Å². The number of rotatable bonds is 7. The van der Waals surface area contributed by atoms with Gasteiger partial charge in [0, 0.05) is 19.1 Å². The predicted molar refractivity (Wildman–Crippen MR) is 119 cm³/mol. The Kier molecular flexibility index (Phi) is 10.5. The molecule has 0 amide bonds. The van der Waals surface area contributed by atoms with Gasteiger partial charge in [-0.05, 0) is 45.4 Å². The monoisotopic (exact) mass is 476 g/mol. The first-order valence-corrected chi connectivity index (χ1v) is 9.88. The second kappa shape index (κ2) is 11.8. The average Bonchev–Trinajstić information content (AvgIpc) is 2.90. The van der Waals surface area contributed by atoms with Crippen LogP contribution in [0.4, 0.5) is 0 Å². The molecule has 1 fully saturated rings. The van der Waals surface area contributed by atoms with E-state index in [0.717, 1.165) is 29.9 Å². The lowest BCUT2D eigenvalue weighted by Crippen LogP contribution is -2.47. The molecule has 1 saturated carbocycles. The first kappa shape index (κ1) is 23.2. The van der Waals surface area contributed by atoms with Crippen molar-refractivity contribution < 1.29 is 0 Å². The second-order valence-electron chi connectivity index (χ2n) is 7.88. The van der Waals surface area contributed by atoms with Crippen LogP contribution >= 0.6 is 24.0 Å². The molecule has 7 heteroatoms. The quantitative estimate of drug-likeness (QED) is 0.356. The maximum Gasteiger partial charge on any atom is 0.192 e. The molecule has 1 aliphatic rings. The van der Waals surface area contributed by atoms with Crippen molar-refractivity contribution in [2.45, 2.75) is 91.3 Å². The van der Waals surface area contributed by atoms with Crippen LogP contribution in [0.5, 0.6) is 0 Å². The highest BCUT2D eigenvalue weighted by Crippen LogP contribution is 2.17. The summed E-state index contributed by atoms with van der Waals surface area (Å²) in [5.74, 6) is 3.48. The summed E-state index contributed by atoms with van der Waals surface area (Å²) >= 11 is 0. The number of hydrogen-bond acceptors (Lipinski definition) is 3.